The molecule has 3 unspecified atom stereocenters. The molecule has 1 aromatic rings. The lowest BCUT2D eigenvalue weighted by atomic mass is 9.59. The molecular weight excluding hydrogens is 498 g/mol. The molecule has 8 atom stereocenters. The number of aliphatic hydroxyl groups is 2. The maximum absolute atomic E-state index is 13.9. The van der Waals surface area contributed by atoms with Crippen LogP contribution in [0.5, 0.6) is 0 Å². The number of hydrogen-bond donors (Lipinski definition) is 3. The summed E-state index contributed by atoms with van der Waals surface area (Å²) in [6.45, 7) is 8.19. The highest BCUT2D eigenvalue weighted by atomic mass is 17.2. The largest absolute Gasteiger partial charge is 0.482 e. The van der Waals surface area contributed by atoms with Crippen LogP contribution in [0.15, 0.2) is 66.0 Å². The highest BCUT2D eigenvalue weighted by molar-refractivity contribution is 5.90. The van der Waals surface area contributed by atoms with Crippen LogP contribution in [0, 0.1) is 23.7 Å². The van der Waals surface area contributed by atoms with Gasteiger partial charge in [-0.15, -0.1) is 0 Å². The lowest BCUT2D eigenvalue weighted by molar-refractivity contribution is -0.348. The van der Waals surface area contributed by atoms with E-state index in [4.69, 9.17) is 14.5 Å². The highest BCUT2D eigenvalue weighted by Crippen LogP contribution is 2.52. The molecule has 1 aliphatic carbocycles. The van der Waals surface area contributed by atoms with Gasteiger partial charge in [0, 0.05) is 17.9 Å². The molecule has 0 aromatic heterocycles. The smallest absolute Gasteiger partial charge is 0.346 e. The highest BCUT2D eigenvalue weighted by Gasteiger charge is 2.68. The van der Waals surface area contributed by atoms with E-state index in [0.717, 1.165) is 30.4 Å². The molecule has 3 fully saturated rings. The molecule has 2 saturated heterocycles. The van der Waals surface area contributed by atoms with Crippen LogP contribution in [0.25, 0.3) is 0 Å². The molecule has 4 aliphatic rings. The number of epoxide rings is 1. The second kappa shape index (κ2) is 11.3. The van der Waals surface area contributed by atoms with Gasteiger partial charge in [0.15, 0.2) is 6.10 Å². The van der Waals surface area contributed by atoms with Gasteiger partial charge in [-0.3, -0.25) is 9.68 Å². The van der Waals surface area contributed by atoms with Gasteiger partial charge >= 0.3 is 5.97 Å². The number of allylic oxidation sites excluding steroid dienone is 1. The van der Waals surface area contributed by atoms with Gasteiger partial charge in [-0.25, -0.2) is 4.79 Å². The summed E-state index contributed by atoms with van der Waals surface area (Å²) in [6.07, 6.45) is 6.06. The van der Waals surface area contributed by atoms with E-state index in [1.807, 2.05) is 49.4 Å². The quantitative estimate of drug-likeness (QED) is 0.307. The minimum Gasteiger partial charge on any atom is -0.482 e. The summed E-state index contributed by atoms with van der Waals surface area (Å²) in [5.41, 5.74) is 0.879. The fourth-order valence-electron chi connectivity index (χ4n) is 6.71. The average molecular weight is 538 g/mol. The van der Waals surface area contributed by atoms with E-state index in [9.17, 15) is 19.8 Å². The van der Waals surface area contributed by atoms with E-state index in [1.54, 1.807) is 0 Å². The molecule has 1 amide bonds. The molecule has 0 radical (unpaired) electrons. The number of nitrogens with one attached hydrogen (secondary N) is 1. The van der Waals surface area contributed by atoms with Gasteiger partial charge in [-0.05, 0) is 54.2 Å². The molecule has 1 saturated carbocycles. The van der Waals surface area contributed by atoms with Crippen molar-refractivity contribution >= 4 is 11.9 Å². The van der Waals surface area contributed by atoms with E-state index in [0.29, 0.717) is 30.1 Å². The number of ether oxygens (including phenoxy) is 1. The summed E-state index contributed by atoms with van der Waals surface area (Å²) in [5, 5.41) is 24.3. The summed E-state index contributed by atoms with van der Waals surface area (Å²) < 4.78 is 5.61. The Kier molecular flexibility index (Phi) is 7.99. The Bertz CT molecular complexity index is 1160. The second-order valence-corrected chi connectivity index (χ2v) is 11.6. The van der Waals surface area contributed by atoms with Crippen molar-refractivity contribution in [3.8, 4) is 0 Å². The third-order valence-corrected chi connectivity index (χ3v) is 8.96. The van der Waals surface area contributed by atoms with Crippen LogP contribution in [0.2, 0.25) is 0 Å². The van der Waals surface area contributed by atoms with Gasteiger partial charge in [0.1, 0.15) is 5.76 Å². The molecule has 0 bridgehead atoms. The number of amides is 1. The number of rotatable bonds is 3. The van der Waals surface area contributed by atoms with Crippen LogP contribution in [0.3, 0.4) is 0 Å². The first-order chi connectivity index (χ1) is 18.8. The SMILES string of the molecule is C=C1[C@@H](C)C2[C@H](Cc3ccccc3)NC(=O)[C@]23OOC(=O)CC2OC2=C(CO)CCC[C@@H](C)C/C=C/C3[C@@H]1O. The molecule has 8 heteroatoms. The van der Waals surface area contributed by atoms with Crippen LogP contribution in [0.1, 0.15) is 51.5 Å². The first-order valence-corrected chi connectivity index (χ1v) is 14.0. The van der Waals surface area contributed by atoms with Gasteiger partial charge in [0.2, 0.25) is 5.60 Å². The lowest BCUT2D eigenvalue weighted by Crippen LogP contribution is -2.61. The predicted molar refractivity (Wildman–Crippen MR) is 144 cm³/mol. The van der Waals surface area contributed by atoms with E-state index in [2.05, 4.69) is 18.8 Å². The van der Waals surface area contributed by atoms with E-state index in [-0.39, 0.29) is 25.0 Å². The monoisotopic (exact) mass is 537 g/mol. The van der Waals surface area contributed by atoms with Crippen LogP contribution >= 0.6 is 0 Å². The maximum atomic E-state index is 13.9. The van der Waals surface area contributed by atoms with Crippen LogP contribution < -0.4 is 5.32 Å². The van der Waals surface area contributed by atoms with Crippen molar-refractivity contribution < 1.29 is 34.3 Å². The Labute approximate surface area is 229 Å². The van der Waals surface area contributed by atoms with Crippen molar-refractivity contribution in [2.24, 2.45) is 23.7 Å². The van der Waals surface area contributed by atoms with E-state index >= 15 is 0 Å². The van der Waals surface area contributed by atoms with Crippen LogP contribution in [-0.4, -0.2) is 52.5 Å². The number of carbonyl (C=O) groups excluding carboxylic acids is 2. The predicted octanol–water partition coefficient (Wildman–Crippen LogP) is 3.54. The molecule has 3 N–H and O–H groups in total. The number of fused-ring (bicyclic) bond motifs is 1. The Hall–Kier alpha value is -2.94. The minimum absolute atomic E-state index is 0.0869. The van der Waals surface area contributed by atoms with Crippen molar-refractivity contribution in [3.63, 3.8) is 0 Å². The zero-order valence-corrected chi connectivity index (χ0v) is 22.7. The van der Waals surface area contributed by atoms with Crippen LogP contribution in [-0.2, 0) is 30.5 Å². The van der Waals surface area contributed by atoms with Gasteiger partial charge in [0.25, 0.3) is 5.91 Å². The molecule has 8 nitrogen and oxygen atoms in total. The first-order valence-electron chi connectivity index (χ1n) is 14.0. The lowest BCUT2D eigenvalue weighted by Gasteiger charge is -2.48. The van der Waals surface area contributed by atoms with Gasteiger partial charge < -0.3 is 20.3 Å². The molecule has 1 aromatic carbocycles. The number of benzene rings is 1. The number of carbonyl (C=O) groups is 2. The Balaban J connectivity index is 1.50. The van der Waals surface area contributed by atoms with Gasteiger partial charge in [0.05, 0.1) is 19.1 Å². The summed E-state index contributed by atoms with van der Waals surface area (Å²) in [5.74, 6) is -1.59. The van der Waals surface area contributed by atoms with Crippen molar-refractivity contribution in [2.75, 3.05) is 6.61 Å². The average Bonchev–Trinajstić information content (AvgIpc) is 3.61. The standard InChI is InChI=1S/C31H39NO7/c1-18-9-7-13-22(17-33)29-25(37-29)16-26(34)38-39-31-23(14-8-10-18)28(35)20(3)19(2)27(31)24(32-30(31)36)15-21-11-5-4-6-12-21/h4-6,8,11-12,14,18-19,23-25,27-28,33,35H,3,7,9-10,13,15-17H2,1-2H3,(H,32,36)/b14-8+,29-22?/t18-,19-,23?,24+,25?,27?,28-,31-/m1/s1. The van der Waals surface area contributed by atoms with E-state index in [1.165, 1.54) is 0 Å². The second-order valence-electron chi connectivity index (χ2n) is 11.6. The van der Waals surface area contributed by atoms with E-state index < -0.39 is 41.5 Å². The topological polar surface area (TPSA) is 118 Å². The third-order valence-electron chi connectivity index (χ3n) is 8.96. The number of aliphatic hydroxyl groups excluding tert-OH is 2. The van der Waals surface area contributed by atoms with Crippen LogP contribution in [0.4, 0.5) is 0 Å². The fraction of sp³-hybridized carbons (Fsp3) is 0.548. The molecule has 5 rings (SSSR count). The molecular formula is C31H39NO7. The Morgan fingerprint density at radius 1 is 1.18 bits per heavy atom. The van der Waals surface area contributed by atoms with Crippen molar-refractivity contribution in [2.45, 2.75) is 76.2 Å². The number of hydrogen-bond acceptors (Lipinski definition) is 7. The molecule has 210 valence electrons. The Morgan fingerprint density at radius 3 is 2.69 bits per heavy atom. The Morgan fingerprint density at radius 2 is 1.95 bits per heavy atom. The summed E-state index contributed by atoms with van der Waals surface area (Å²) in [6, 6.07) is 9.56. The minimum atomic E-state index is -1.62. The summed E-state index contributed by atoms with van der Waals surface area (Å²) in [7, 11) is 0. The summed E-state index contributed by atoms with van der Waals surface area (Å²) >= 11 is 0. The zero-order valence-electron chi connectivity index (χ0n) is 22.7. The molecule has 1 spiro atoms. The molecule has 3 aliphatic heterocycles. The summed E-state index contributed by atoms with van der Waals surface area (Å²) in [4.78, 5) is 38.1. The van der Waals surface area contributed by atoms with Gasteiger partial charge in [-0.2, -0.15) is 4.89 Å². The van der Waals surface area contributed by atoms with Crippen molar-refractivity contribution in [1.82, 2.24) is 5.32 Å². The third kappa shape index (κ3) is 5.30. The first kappa shape index (κ1) is 27.6. The molecule has 3 heterocycles. The van der Waals surface area contributed by atoms with Crippen molar-refractivity contribution in [1.29, 1.82) is 0 Å². The zero-order chi connectivity index (χ0) is 27.7. The molecule has 39 heavy (non-hydrogen) atoms. The maximum Gasteiger partial charge on any atom is 0.346 e. The normalized spacial score (nSPS) is 38.1. The van der Waals surface area contributed by atoms with Gasteiger partial charge in [-0.1, -0.05) is 69.3 Å². The van der Waals surface area contributed by atoms with Crippen molar-refractivity contribution in [3.05, 3.63) is 71.5 Å². The fourth-order valence-corrected chi connectivity index (χ4v) is 6.71.